The molecular weight excluding hydrogens is 507 g/mol. The number of halogens is 3. The lowest BCUT2D eigenvalue weighted by Crippen LogP contribution is -2.43. The van der Waals surface area contributed by atoms with Crippen molar-refractivity contribution in [3.63, 3.8) is 0 Å². The molecule has 2 saturated heterocycles. The first-order valence-electron chi connectivity index (χ1n) is 12.0. The van der Waals surface area contributed by atoms with Gasteiger partial charge in [-0.05, 0) is 56.2 Å². The summed E-state index contributed by atoms with van der Waals surface area (Å²) in [6, 6.07) is 6.05. The molecule has 0 spiro atoms. The number of aromatic nitrogens is 1. The monoisotopic (exact) mass is 535 g/mol. The second-order valence-corrected chi connectivity index (χ2v) is 9.44. The van der Waals surface area contributed by atoms with Crippen LogP contribution in [0.2, 0.25) is 0 Å². The summed E-state index contributed by atoms with van der Waals surface area (Å²) in [5.41, 5.74) is -0.809. The van der Waals surface area contributed by atoms with Crippen molar-refractivity contribution in [2.24, 2.45) is 0 Å². The molecule has 3 heterocycles. The Bertz CT molecular complexity index is 1180. The zero-order chi connectivity index (χ0) is 27.5. The highest BCUT2D eigenvalue weighted by molar-refractivity contribution is 6.23. The minimum absolute atomic E-state index is 0.00157. The van der Waals surface area contributed by atoms with Crippen LogP contribution in [-0.4, -0.2) is 77.4 Å². The smallest absolute Gasteiger partial charge is 0.404 e. The van der Waals surface area contributed by atoms with Gasteiger partial charge in [-0.2, -0.15) is 0 Å². The minimum Gasteiger partial charge on any atom is -0.404 e. The van der Waals surface area contributed by atoms with Crippen LogP contribution in [0.25, 0.3) is 0 Å². The van der Waals surface area contributed by atoms with Gasteiger partial charge in [0.05, 0.1) is 24.5 Å². The largest absolute Gasteiger partial charge is 0.573 e. The molecule has 0 radical (unpaired) electrons. The van der Waals surface area contributed by atoms with E-state index in [1.165, 1.54) is 11.0 Å². The van der Waals surface area contributed by atoms with Gasteiger partial charge in [0.2, 0.25) is 5.91 Å². The van der Waals surface area contributed by atoms with E-state index >= 15 is 0 Å². The van der Waals surface area contributed by atoms with Crippen molar-refractivity contribution in [3.8, 4) is 5.75 Å². The average Bonchev–Trinajstić information content (AvgIpc) is 3.03. The molecule has 4 rings (SSSR count). The number of hydrogen-bond acceptors (Lipinski definition) is 7. The highest BCUT2D eigenvalue weighted by atomic mass is 19.4. The van der Waals surface area contributed by atoms with Crippen LogP contribution < -0.4 is 15.0 Å². The number of imide groups is 1. The Morgan fingerprint density at radius 1 is 1.13 bits per heavy atom. The lowest BCUT2D eigenvalue weighted by atomic mass is 10.0. The fourth-order valence-corrected chi connectivity index (χ4v) is 4.32. The number of anilines is 2. The fraction of sp³-hybridized carbons (Fsp3) is 0.440. The Hall–Kier alpha value is -3.71. The molecule has 1 N–H and O–H groups in total. The SMILES string of the molecule is CC1(C)C(=O)N(c2ccc(OC(F)(F)F)c(NC(=O)CN3CCCOCC3)c2)C(=O)N1Cc1ccncc1. The van der Waals surface area contributed by atoms with Gasteiger partial charge in [0.15, 0.2) is 5.75 Å². The van der Waals surface area contributed by atoms with Gasteiger partial charge in [0.1, 0.15) is 5.54 Å². The predicted molar refractivity (Wildman–Crippen MR) is 130 cm³/mol. The van der Waals surface area contributed by atoms with Gasteiger partial charge in [-0.15, -0.1) is 13.2 Å². The van der Waals surface area contributed by atoms with Crippen molar-refractivity contribution in [1.82, 2.24) is 14.8 Å². The maximum atomic E-state index is 13.4. The van der Waals surface area contributed by atoms with E-state index in [0.29, 0.717) is 26.3 Å². The third-order valence-corrected chi connectivity index (χ3v) is 6.32. The van der Waals surface area contributed by atoms with E-state index in [1.54, 1.807) is 38.4 Å². The first kappa shape index (κ1) is 27.3. The number of carbonyl (C=O) groups excluding carboxylic acids is 3. The number of pyridine rings is 1. The standard InChI is InChI=1S/C25H28F3N5O5/c1-24(2)22(35)33(23(36)32(24)15-17-6-8-29-9-7-17)18-4-5-20(38-25(26,27)28)19(14-18)30-21(34)16-31-10-3-12-37-13-11-31/h4-9,14H,3,10-13,15-16H2,1-2H3,(H,30,34). The Morgan fingerprint density at radius 2 is 1.87 bits per heavy atom. The zero-order valence-electron chi connectivity index (χ0n) is 21.0. The quantitative estimate of drug-likeness (QED) is 0.542. The van der Waals surface area contributed by atoms with E-state index in [1.807, 2.05) is 4.90 Å². The number of nitrogens with one attached hydrogen (secondary N) is 1. The Balaban J connectivity index is 1.61. The second kappa shape index (κ2) is 11.0. The molecule has 0 bridgehead atoms. The summed E-state index contributed by atoms with van der Waals surface area (Å²) in [6.07, 6.45) is -1.17. The number of ether oxygens (including phenoxy) is 2. The van der Waals surface area contributed by atoms with Crippen LogP contribution in [0.4, 0.5) is 29.3 Å². The summed E-state index contributed by atoms with van der Waals surface area (Å²) in [4.78, 5) is 47.5. The molecule has 0 aliphatic carbocycles. The minimum atomic E-state index is -5.02. The van der Waals surface area contributed by atoms with Crippen LogP contribution in [0.5, 0.6) is 5.75 Å². The molecule has 4 amide bonds. The molecule has 0 atom stereocenters. The van der Waals surface area contributed by atoms with E-state index in [0.717, 1.165) is 29.0 Å². The summed E-state index contributed by atoms with van der Waals surface area (Å²) >= 11 is 0. The van der Waals surface area contributed by atoms with Gasteiger partial charge < -0.3 is 19.7 Å². The summed E-state index contributed by atoms with van der Waals surface area (Å²) in [6.45, 7) is 5.32. The van der Waals surface area contributed by atoms with Crippen LogP contribution in [0, 0.1) is 0 Å². The lowest BCUT2D eigenvalue weighted by molar-refractivity contribution is -0.274. The van der Waals surface area contributed by atoms with Gasteiger partial charge in [-0.25, -0.2) is 9.69 Å². The number of urea groups is 1. The van der Waals surface area contributed by atoms with E-state index in [4.69, 9.17) is 4.74 Å². The Labute approximate surface area is 217 Å². The molecule has 2 aromatic rings. The first-order valence-corrected chi connectivity index (χ1v) is 12.0. The molecule has 2 aliphatic heterocycles. The molecule has 204 valence electrons. The van der Waals surface area contributed by atoms with E-state index < -0.39 is 35.5 Å². The molecule has 10 nitrogen and oxygen atoms in total. The number of rotatable bonds is 7. The lowest BCUT2D eigenvalue weighted by Gasteiger charge is -2.27. The highest BCUT2D eigenvalue weighted by Crippen LogP contribution is 2.38. The van der Waals surface area contributed by atoms with Crippen LogP contribution in [0.1, 0.15) is 25.8 Å². The molecular formula is C25H28F3N5O5. The summed E-state index contributed by atoms with van der Waals surface area (Å²) in [7, 11) is 0. The van der Waals surface area contributed by atoms with Crippen LogP contribution >= 0.6 is 0 Å². The normalized spacial score (nSPS) is 18.4. The van der Waals surface area contributed by atoms with Crippen LogP contribution in [-0.2, 0) is 20.9 Å². The molecule has 1 aromatic carbocycles. The van der Waals surface area contributed by atoms with Crippen molar-refractivity contribution < 1.29 is 37.0 Å². The third kappa shape index (κ3) is 6.22. The molecule has 0 unspecified atom stereocenters. The maximum absolute atomic E-state index is 13.4. The second-order valence-electron chi connectivity index (χ2n) is 9.44. The number of hydrogen-bond donors (Lipinski definition) is 1. The van der Waals surface area contributed by atoms with E-state index in [2.05, 4.69) is 15.0 Å². The molecule has 1 aromatic heterocycles. The first-order chi connectivity index (χ1) is 18.0. The molecule has 13 heteroatoms. The Morgan fingerprint density at radius 3 is 2.58 bits per heavy atom. The molecule has 38 heavy (non-hydrogen) atoms. The fourth-order valence-electron chi connectivity index (χ4n) is 4.32. The van der Waals surface area contributed by atoms with E-state index in [9.17, 15) is 27.6 Å². The van der Waals surface area contributed by atoms with Crippen LogP contribution in [0.3, 0.4) is 0 Å². The number of alkyl halides is 3. The predicted octanol–water partition coefficient (Wildman–Crippen LogP) is 3.39. The summed E-state index contributed by atoms with van der Waals surface area (Å²) in [5.74, 6) is -1.81. The van der Waals surface area contributed by atoms with Crippen molar-refractivity contribution in [1.29, 1.82) is 0 Å². The zero-order valence-corrected chi connectivity index (χ0v) is 21.0. The Kier molecular flexibility index (Phi) is 7.88. The number of carbonyl (C=O) groups is 3. The van der Waals surface area contributed by atoms with Crippen LogP contribution in [0.15, 0.2) is 42.7 Å². The number of nitrogens with zero attached hydrogens (tertiary/aromatic N) is 4. The topological polar surface area (TPSA) is 104 Å². The number of benzene rings is 1. The van der Waals surface area contributed by atoms with Gasteiger partial charge in [0.25, 0.3) is 5.91 Å². The molecule has 0 saturated carbocycles. The molecule has 2 aliphatic rings. The third-order valence-electron chi connectivity index (χ3n) is 6.32. The highest BCUT2D eigenvalue weighted by Gasteiger charge is 2.52. The number of amides is 4. The molecule has 2 fully saturated rings. The van der Waals surface area contributed by atoms with Crippen molar-refractivity contribution in [3.05, 3.63) is 48.3 Å². The summed E-state index contributed by atoms with van der Waals surface area (Å²) in [5, 5.41) is 2.45. The van der Waals surface area contributed by atoms with Gasteiger partial charge >= 0.3 is 12.4 Å². The van der Waals surface area contributed by atoms with Gasteiger partial charge in [0, 0.05) is 38.6 Å². The maximum Gasteiger partial charge on any atom is 0.573 e. The van der Waals surface area contributed by atoms with E-state index in [-0.39, 0.29) is 24.5 Å². The van der Waals surface area contributed by atoms with Gasteiger partial charge in [-0.3, -0.25) is 19.5 Å². The average molecular weight is 536 g/mol. The van der Waals surface area contributed by atoms with Gasteiger partial charge in [-0.1, -0.05) is 0 Å². The van der Waals surface area contributed by atoms with Crippen molar-refractivity contribution >= 4 is 29.2 Å². The van der Waals surface area contributed by atoms with Crippen molar-refractivity contribution in [2.45, 2.75) is 38.7 Å². The summed E-state index contributed by atoms with van der Waals surface area (Å²) < 4.78 is 48.7. The van der Waals surface area contributed by atoms with Crippen molar-refractivity contribution in [2.75, 3.05) is 43.1 Å².